The minimum absolute atomic E-state index is 1.09. The summed E-state index contributed by atoms with van der Waals surface area (Å²) in [4.78, 5) is 4.68. The highest BCUT2D eigenvalue weighted by molar-refractivity contribution is 6.27. The number of nitrogens with zero attached hydrogens (tertiary/aromatic N) is 6. The van der Waals surface area contributed by atoms with Gasteiger partial charge in [0.2, 0.25) is 0 Å². The lowest BCUT2D eigenvalue weighted by atomic mass is 10.0. The third-order valence-electron chi connectivity index (χ3n) is 22.1. The highest BCUT2D eigenvalue weighted by Crippen LogP contribution is 2.47. The van der Waals surface area contributed by atoms with Gasteiger partial charge in [0, 0.05) is 100.0 Å². The molecule has 0 N–H and O–H groups in total. The lowest BCUT2D eigenvalue weighted by molar-refractivity contribution is 1.16. The maximum Gasteiger partial charge on any atom is 0.0562 e. The van der Waals surface area contributed by atoms with Gasteiger partial charge in [0.15, 0.2) is 0 Å². The van der Waals surface area contributed by atoms with E-state index in [2.05, 4.69) is 453 Å². The topological polar surface area (TPSA) is 26.2 Å². The molecular formula is C104H70N6. The molecule has 0 atom stereocenters. The molecule has 0 aliphatic heterocycles. The van der Waals surface area contributed by atoms with Crippen molar-refractivity contribution in [3.05, 3.63) is 425 Å². The second-order valence-corrected chi connectivity index (χ2v) is 28.4. The Kier molecular flexibility index (Phi) is 15.5. The van der Waals surface area contributed by atoms with Crippen molar-refractivity contribution >= 4 is 143 Å². The number of benzene rings is 18. The number of aromatic nitrogens is 4. The van der Waals surface area contributed by atoms with Gasteiger partial charge in [-0.1, -0.05) is 261 Å². The van der Waals surface area contributed by atoms with Crippen LogP contribution in [0.2, 0.25) is 0 Å². The molecule has 6 nitrogen and oxygen atoms in total. The lowest BCUT2D eigenvalue weighted by Crippen LogP contribution is -2.10. The van der Waals surface area contributed by atoms with Gasteiger partial charge in [-0.25, -0.2) is 0 Å². The van der Waals surface area contributed by atoms with Gasteiger partial charge in [-0.3, -0.25) is 0 Å². The van der Waals surface area contributed by atoms with Gasteiger partial charge < -0.3 is 28.1 Å². The minimum atomic E-state index is 1.09. The van der Waals surface area contributed by atoms with Crippen molar-refractivity contribution in [2.45, 2.75) is 0 Å². The van der Waals surface area contributed by atoms with E-state index in [1.165, 1.54) is 131 Å². The van der Waals surface area contributed by atoms with E-state index in [0.717, 1.165) is 56.9 Å². The fourth-order valence-corrected chi connectivity index (χ4v) is 17.2. The monoisotopic (exact) mass is 1400 g/mol. The Morgan fingerprint density at radius 1 is 0.145 bits per heavy atom. The predicted molar refractivity (Wildman–Crippen MR) is 465 cm³/mol. The average molecular weight is 1400 g/mol. The summed E-state index contributed by atoms with van der Waals surface area (Å²) >= 11 is 0. The Labute approximate surface area is 636 Å². The second kappa shape index (κ2) is 26.7. The summed E-state index contributed by atoms with van der Waals surface area (Å²) in [5.41, 5.74) is 25.5. The van der Waals surface area contributed by atoms with Crippen molar-refractivity contribution in [1.29, 1.82) is 0 Å². The van der Waals surface area contributed by atoms with E-state index >= 15 is 0 Å². The summed E-state index contributed by atoms with van der Waals surface area (Å²) in [5, 5.41) is 15.1. The van der Waals surface area contributed by atoms with Crippen LogP contribution in [-0.2, 0) is 0 Å². The zero-order valence-corrected chi connectivity index (χ0v) is 60.1. The Morgan fingerprint density at radius 3 is 0.891 bits per heavy atom. The number of hydrogen-bond acceptors (Lipinski definition) is 2. The molecule has 0 aliphatic rings. The molecule has 516 valence electrons. The van der Waals surface area contributed by atoms with Gasteiger partial charge >= 0.3 is 0 Å². The number of para-hydroxylation sites is 6. The molecule has 4 heterocycles. The van der Waals surface area contributed by atoms with E-state index in [-0.39, 0.29) is 0 Å². The van der Waals surface area contributed by atoms with E-state index < -0.39 is 0 Å². The van der Waals surface area contributed by atoms with Gasteiger partial charge in [0.1, 0.15) is 0 Å². The second-order valence-electron chi connectivity index (χ2n) is 28.4. The highest BCUT2D eigenvalue weighted by Gasteiger charge is 2.24. The number of anilines is 6. The van der Waals surface area contributed by atoms with Crippen LogP contribution in [-0.4, -0.2) is 18.3 Å². The van der Waals surface area contributed by atoms with Crippen molar-refractivity contribution < 1.29 is 0 Å². The largest absolute Gasteiger partial charge is 0.311 e. The van der Waals surface area contributed by atoms with Gasteiger partial charge in [0.25, 0.3) is 0 Å². The highest BCUT2D eigenvalue weighted by atomic mass is 15.2. The van der Waals surface area contributed by atoms with E-state index in [9.17, 15) is 0 Å². The maximum absolute atomic E-state index is 2.44. The first-order valence-electron chi connectivity index (χ1n) is 37.7. The fourth-order valence-electron chi connectivity index (χ4n) is 17.2. The first-order valence-corrected chi connectivity index (χ1v) is 37.7. The summed E-state index contributed by atoms with van der Waals surface area (Å²) < 4.78 is 9.74. The standard InChI is InChI=1S/2C52H35N3/c1-4-15-36(16-5-1)37-27-30-41(31-28-37)53(39-18-6-2-7-19-39)42-22-14-23-43(33-42)55-48-26-13-12-25-45(48)46-34-47-51(35-50(46)55)54(40-20-8-3-9-21-40)49-32-29-38-17-10-11-24-44(38)52(47)49;1-4-14-36(15-5-1)37-24-27-41(28-25-37)53(39-17-6-2-7-18-39)42-29-31-43(32-30-42)54-48-23-13-12-22-45(48)46-34-47-51(35-50(46)54)55(40-19-8-3-9-20-40)49-33-26-38-16-10-11-21-44(38)52(47)49/h2*1-35H. The molecule has 0 amide bonds. The maximum atomic E-state index is 2.44. The van der Waals surface area contributed by atoms with Gasteiger partial charge in [0.05, 0.1) is 44.1 Å². The molecule has 6 heteroatoms. The van der Waals surface area contributed by atoms with Crippen LogP contribution >= 0.6 is 0 Å². The normalized spacial score (nSPS) is 11.6. The van der Waals surface area contributed by atoms with Crippen molar-refractivity contribution in [3.8, 4) is 45.0 Å². The van der Waals surface area contributed by atoms with Crippen molar-refractivity contribution in [2.75, 3.05) is 9.80 Å². The predicted octanol–water partition coefficient (Wildman–Crippen LogP) is 28.3. The quantitative estimate of drug-likeness (QED) is 0.122. The van der Waals surface area contributed by atoms with Gasteiger partial charge in [-0.2, -0.15) is 0 Å². The Bertz CT molecular complexity index is 7210. The molecule has 0 fully saturated rings. The molecule has 0 saturated carbocycles. The number of rotatable bonds is 12. The van der Waals surface area contributed by atoms with Crippen LogP contribution in [0.5, 0.6) is 0 Å². The molecule has 22 aromatic rings. The Hall–Kier alpha value is -14.7. The number of hydrogen-bond donors (Lipinski definition) is 0. The summed E-state index contributed by atoms with van der Waals surface area (Å²) in [6, 6.07) is 154. The van der Waals surface area contributed by atoms with Gasteiger partial charge in [-0.05, 0) is 208 Å². The third kappa shape index (κ3) is 10.8. The van der Waals surface area contributed by atoms with Crippen LogP contribution in [0.1, 0.15) is 0 Å². The molecule has 0 spiro atoms. The van der Waals surface area contributed by atoms with Crippen LogP contribution in [0.15, 0.2) is 425 Å². The van der Waals surface area contributed by atoms with E-state index in [0.29, 0.717) is 0 Å². The molecule has 0 bridgehead atoms. The smallest absolute Gasteiger partial charge is 0.0562 e. The molecule has 22 rings (SSSR count). The van der Waals surface area contributed by atoms with Crippen LogP contribution < -0.4 is 9.80 Å². The molecule has 0 radical (unpaired) electrons. The number of fused-ring (bicyclic) bond motifs is 16. The Morgan fingerprint density at radius 2 is 0.445 bits per heavy atom. The lowest BCUT2D eigenvalue weighted by Gasteiger charge is -2.26. The van der Waals surface area contributed by atoms with Crippen molar-refractivity contribution in [2.24, 2.45) is 0 Å². The van der Waals surface area contributed by atoms with E-state index in [1.54, 1.807) is 0 Å². The van der Waals surface area contributed by atoms with Crippen molar-refractivity contribution in [1.82, 2.24) is 18.3 Å². The first-order chi connectivity index (χ1) is 54.6. The van der Waals surface area contributed by atoms with Crippen molar-refractivity contribution in [3.63, 3.8) is 0 Å². The molecule has 110 heavy (non-hydrogen) atoms. The summed E-state index contributed by atoms with van der Waals surface area (Å²) in [5.74, 6) is 0. The van der Waals surface area contributed by atoms with Crippen LogP contribution in [0, 0.1) is 0 Å². The van der Waals surface area contributed by atoms with Gasteiger partial charge in [-0.15, -0.1) is 0 Å². The molecule has 0 saturated heterocycles. The van der Waals surface area contributed by atoms with Crippen LogP contribution in [0.3, 0.4) is 0 Å². The molecule has 0 unspecified atom stereocenters. The molecule has 4 aromatic heterocycles. The summed E-state index contributed by atoms with van der Waals surface area (Å²) in [6.45, 7) is 0. The molecule has 0 aliphatic carbocycles. The first kappa shape index (κ1) is 63.7. The molecular weight excluding hydrogens is 1330 g/mol. The SMILES string of the molecule is c1ccc(-c2ccc(N(c3ccccc3)c3ccc(-n4c5ccccc5c5cc6c7c8ccccc8ccc7n(-c7ccccc7)c6cc54)cc3)cc2)cc1.c1ccc(-c2ccc(N(c3ccccc3)c3cccc(-n4c5ccccc5c5cc6c7c8ccccc8ccc7n(-c7ccccc7)c6cc54)c3)cc2)cc1. The summed E-state index contributed by atoms with van der Waals surface area (Å²) in [7, 11) is 0. The minimum Gasteiger partial charge on any atom is -0.311 e. The summed E-state index contributed by atoms with van der Waals surface area (Å²) in [6.07, 6.45) is 0. The van der Waals surface area contributed by atoms with Crippen LogP contribution in [0.4, 0.5) is 34.1 Å². The zero-order chi connectivity index (χ0) is 72.6. The fraction of sp³-hybridized carbons (Fsp3) is 0. The van der Waals surface area contributed by atoms with E-state index in [1.807, 2.05) is 0 Å². The zero-order valence-electron chi connectivity index (χ0n) is 60.1. The van der Waals surface area contributed by atoms with Crippen LogP contribution in [0.25, 0.3) is 154 Å². The molecule has 18 aromatic carbocycles. The third-order valence-corrected chi connectivity index (χ3v) is 22.1. The average Bonchev–Trinajstić information content (AvgIpc) is 1.55. The Balaban J connectivity index is 0.000000140. The van der Waals surface area contributed by atoms with E-state index in [4.69, 9.17) is 0 Å².